The van der Waals surface area contributed by atoms with Crippen molar-refractivity contribution in [1.82, 2.24) is 4.98 Å². The molecule has 52 valence electrons. The van der Waals surface area contributed by atoms with Crippen LogP contribution in [0.25, 0.3) is 0 Å². The lowest BCUT2D eigenvalue weighted by molar-refractivity contribution is 1.19. The smallest absolute Gasteiger partial charge is 0.249 e. The SMILES string of the molecule is O=c1cc2c(c[nH]1)NCS2. The van der Waals surface area contributed by atoms with Gasteiger partial charge in [0.2, 0.25) is 5.56 Å². The molecule has 1 aromatic rings. The van der Waals surface area contributed by atoms with E-state index in [4.69, 9.17) is 0 Å². The molecule has 2 N–H and O–H groups in total. The summed E-state index contributed by atoms with van der Waals surface area (Å²) in [4.78, 5) is 14.4. The molecular weight excluding hydrogens is 148 g/mol. The maximum Gasteiger partial charge on any atom is 0.249 e. The molecule has 0 spiro atoms. The molecule has 0 saturated carbocycles. The fourth-order valence-corrected chi connectivity index (χ4v) is 1.76. The summed E-state index contributed by atoms with van der Waals surface area (Å²) in [6, 6.07) is 1.61. The van der Waals surface area contributed by atoms with Crippen LogP contribution in [-0.2, 0) is 0 Å². The zero-order valence-corrected chi connectivity index (χ0v) is 5.99. The predicted molar refractivity (Wildman–Crippen MR) is 41.4 cm³/mol. The first-order valence-electron chi connectivity index (χ1n) is 2.96. The molecule has 0 fully saturated rings. The van der Waals surface area contributed by atoms with Crippen LogP contribution in [0.3, 0.4) is 0 Å². The average Bonchev–Trinajstić information content (AvgIpc) is 2.33. The summed E-state index contributed by atoms with van der Waals surface area (Å²) in [7, 11) is 0. The molecule has 0 aliphatic carbocycles. The number of thioether (sulfide) groups is 1. The van der Waals surface area contributed by atoms with E-state index in [9.17, 15) is 4.79 Å². The largest absolute Gasteiger partial charge is 0.374 e. The monoisotopic (exact) mass is 154 g/mol. The summed E-state index contributed by atoms with van der Waals surface area (Å²) >= 11 is 1.65. The number of hydrogen-bond donors (Lipinski definition) is 2. The molecule has 0 atom stereocenters. The van der Waals surface area contributed by atoms with Gasteiger partial charge >= 0.3 is 0 Å². The molecule has 0 aromatic carbocycles. The van der Waals surface area contributed by atoms with E-state index in [2.05, 4.69) is 10.3 Å². The highest BCUT2D eigenvalue weighted by molar-refractivity contribution is 7.99. The lowest BCUT2D eigenvalue weighted by Crippen LogP contribution is -2.02. The fourth-order valence-electron chi connectivity index (χ4n) is 0.902. The summed E-state index contributed by atoms with van der Waals surface area (Å²) in [6.07, 6.45) is 1.71. The number of hydrogen-bond acceptors (Lipinski definition) is 3. The van der Waals surface area contributed by atoms with E-state index in [-0.39, 0.29) is 5.56 Å². The van der Waals surface area contributed by atoms with Gasteiger partial charge in [-0.25, -0.2) is 0 Å². The molecule has 2 rings (SSSR count). The van der Waals surface area contributed by atoms with Crippen LogP contribution in [0.4, 0.5) is 5.69 Å². The maximum atomic E-state index is 10.7. The molecule has 4 heteroatoms. The number of aromatic nitrogens is 1. The molecule has 10 heavy (non-hydrogen) atoms. The summed E-state index contributed by atoms with van der Waals surface area (Å²) in [6.45, 7) is 0. The topological polar surface area (TPSA) is 44.9 Å². The van der Waals surface area contributed by atoms with E-state index in [1.54, 1.807) is 24.0 Å². The standard InChI is InChI=1S/C6H6N2OS/c9-6-1-5-4(2-7-6)8-3-10-5/h1-2,8H,3H2,(H,7,9). The van der Waals surface area contributed by atoms with Gasteiger partial charge in [-0.05, 0) is 0 Å². The van der Waals surface area contributed by atoms with Crippen molar-refractivity contribution in [2.75, 3.05) is 11.2 Å². The lowest BCUT2D eigenvalue weighted by atomic mass is 10.4. The number of anilines is 1. The number of nitrogens with one attached hydrogen (secondary N) is 2. The second-order valence-electron chi connectivity index (χ2n) is 2.04. The van der Waals surface area contributed by atoms with E-state index >= 15 is 0 Å². The minimum Gasteiger partial charge on any atom is -0.374 e. The van der Waals surface area contributed by atoms with Gasteiger partial charge in [-0.15, -0.1) is 11.8 Å². The second kappa shape index (κ2) is 2.05. The summed E-state index contributed by atoms with van der Waals surface area (Å²) in [5.74, 6) is 0.868. The van der Waals surface area contributed by atoms with Gasteiger partial charge in [0.05, 0.1) is 11.6 Å². The Labute approximate surface area is 61.8 Å². The Morgan fingerprint density at radius 3 is 3.40 bits per heavy atom. The van der Waals surface area contributed by atoms with Crippen molar-refractivity contribution in [3.05, 3.63) is 22.6 Å². The number of aromatic amines is 1. The van der Waals surface area contributed by atoms with Crippen molar-refractivity contribution in [2.45, 2.75) is 4.90 Å². The quantitative estimate of drug-likeness (QED) is 0.582. The maximum absolute atomic E-state index is 10.7. The lowest BCUT2D eigenvalue weighted by Gasteiger charge is -1.93. The van der Waals surface area contributed by atoms with E-state index in [0.29, 0.717) is 0 Å². The normalized spacial score (nSPS) is 14.4. The van der Waals surface area contributed by atoms with Gasteiger partial charge in [-0.3, -0.25) is 4.79 Å². The van der Waals surface area contributed by atoms with E-state index < -0.39 is 0 Å². The number of H-pyrrole nitrogens is 1. The molecule has 0 bridgehead atoms. The fraction of sp³-hybridized carbons (Fsp3) is 0.167. The van der Waals surface area contributed by atoms with E-state index in [0.717, 1.165) is 16.5 Å². The van der Waals surface area contributed by atoms with Crippen LogP contribution >= 0.6 is 11.8 Å². The second-order valence-corrected chi connectivity index (χ2v) is 3.06. The number of fused-ring (bicyclic) bond motifs is 1. The summed E-state index contributed by atoms with van der Waals surface area (Å²) in [5.41, 5.74) is 1.000. The predicted octanol–water partition coefficient (Wildman–Crippen LogP) is 0.850. The molecule has 0 amide bonds. The highest BCUT2D eigenvalue weighted by atomic mass is 32.2. The van der Waals surface area contributed by atoms with Crippen molar-refractivity contribution >= 4 is 17.4 Å². The molecule has 1 aromatic heterocycles. The Hall–Kier alpha value is -0.900. The van der Waals surface area contributed by atoms with Gasteiger partial charge in [0.25, 0.3) is 0 Å². The van der Waals surface area contributed by atoms with Crippen LogP contribution in [0.2, 0.25) is 0 Å². The first-order chi connectivity index (χ1) is 4.86. The van der Waals surface area contributed by atoms with Gasteiger partial charge in [0.15, 0.2) is 0 Å². The molecule has 0 radical (unpaired) electrons. The van der Waals surface area contributed by atoms with Crippen molar-refractivity contribution in [2.24, 2.45) is 0 Å². The van der Waals surface area contributed by atoms with Crippen LogP contribution in [0, 0.1) is 0 Å². The minimum absolute atomic E-state index is 0.0325. The first kappa shape index (κ1) is 5.85. The van der Waals surface area contributed by atoms with Gasteiger partial charge in [0.1, 0.15) is 0 Å². The van der Waals surface area contributed by atoms with Crippen molar-refractivity contribution in [1.29, 1.82) is 0 Å². The van der Waals surface area contributed by atoms with Crippen LogP contribution in [0.1, 0.15) is 0 Å². The third-order valence-electron chi connectivity index (χ3n) is 1.38. The van der Waals surface area contributed by atoms with E-state index in [1.165, 1.54) is 0 Å². The summed E-state index contributed by atoms with van der Waals surface area (Å²) in [5, 5.41) is 3.12. The number of pyridine rings is 1. The highest BCUT2D eigenvalue weighted by Crippen LogP contribution is 2.30. The molecule has 2 heterocycles. The van der Waals surface area contributed by atoms with Crippen LogP contribution in [0.5, 0.6) is 0 Å². The minimum atomic E-state index is -0.0325. The van der Waals surface area contributed by atoms with Crippen molar-refractivity contribution < 1.29 is 0 Å². The van der Waals surface area contributed by atoms with Crippen molar-refractivity contribution in [3.8, 4) is 0 Å². The van der Waals surface area contributed by atoms with Gasteiger partial charge < -0.3 is 10.3 Å². The van der Waals surface area contributed by atoms with Gasteiger partial charge in [-0.2, -0.15) is 0 Å². The van der Waals surface area contributed by atoms with E-state index in [1.807, 2.05) is 0 Å². The number of rotatable bonds is 0. The highest BCUT2D eigenvalue weighted by Gasteiger charge is 2.09. The third kappa shape index (κ3) is 0.806. The van der Waals surface area contributed by atoms with Gasteiger partial charge in [0, 0.05) is 17.2 Å². The Balaban J connectivity index is 2.63. The summed E-state index contributed by atoms with van der Waals surface area (Å²) < 4.78 is 0. The first-order valence-corrected chi connectivity index (χ1v) is 3.94. The Morgan fingerprint density at radius 2 is 2.50 bits per heavy atom. The Kier molecular flexibility index (Phi) is 1.20. The average molecular weight is 154 g/mol. The molecule has 1 aliphatic rings. The molecule has 1 aliphatic heterocycles. The molecular formula is C6H6N2OS. The third-order valence-corrected chi connectivity index (χ3v) is 2.31. The molecule has 0 unspecified atom stereocenters. The van der Waals surface area contributed by atoms with Crippen LogP contribution in [0.15, 0.2) is 22.0 Å². The zero-order valence-electron chi connectivity index (χ0n) is 5.18. The van der Waals surface area contributed by atoms with Crippen LogP contribution < -0.4 is 10.9 Å². The Morgan fingerprint density at radius 1 is 1.60 bits per heavy atom. The van der Waals surface area contributed by atoms with Gasteiger partial charge in [-0.1, -0.05) is 0 Å². The Bertz CT molecular complexity index is 307. The van der Waals surface area contributed by atoms with Crippen LogP contribution in [-0.4, -0.2) is 10.9 Å². The molecule has 3 nitrogen and oxygen atoms in total. The molecule has 0 saturated heterocycles. The van der Waals surface area contributed by atoms with Crippen molar-refractivity contribution in [3.63, 3.8) is 0 Å². The zero-order chi connectivity index (χ0) is 6.97.